The number of anilines is 1. The highest BCUT2D eigenvalue weighted by Crippen LogP contribution is 2.28. The van der Waals surface area contributed by atoms with Crippen molar-refractivity contribution in [1.82, 2.24) is 19.5 Å². The molecule has 30 heavy (non-hydrogen) atoms. The number of aryl methyl sites for hydroxylation is 1. The molecule has 0 spiro atoms. The molecule has 0 amide bonds. The maximum Gasteiger partial charge on any atom is 0.165 e. The van der Waals surface area contributed by atoms with Gasteiger partial charge < -0.3 is 4.90 Å². The molecule has 1 fully saturated rings. The number of piperazine rings is 1. The number of nitrogens with zero attached hydrogens (tertiary/aromatic N) is 5. The van der Waals surface area contributed by atoms with Crippen LogP contribution in [-0.4, -0.2) is 45.7 Å². The molecule has 0 atom stereocenters. The van der Waals surface area contributed by atoms with Crippen molar-refractivity contribution in [3.8, 4) is 11.1 Å². The van der Waals surface area contributed by atoms with E-state index in [4.69, 9.17) is 16.6 Å². The molecule has 0 unspecified atom stereocenters. The molecular weight excluding hydrogens is 394 g/mol. The number of hydrogen-bond acceptors (Lipinski definition) is 4. The van der Waals surface area contributed by atoms with Gasteiger partial charge in [0, 0.05) is 55.1 Å². The van der Waals surface area contributed by atoms with Crippen LogP contribution < -0.4 is 4.90 Å². The topological polar surface area (TPSA) is 36.7 Å². The van der Waals surface area contributed by atoms with Gasteiger partial charge in [0.2, 0.25) is 0 Å². The normalized spacial score (nSPS) is 15.1. The molecule has 1 saturated heterocycles. The Morgan fingerprint density at radius 1 is 0.933 bits per heavy atom. The second-order valence-electron chi connectivity index (χ2n) is 7.81. The zero-order valence-electron chi connectivity index (χ0n) is 17.0. The third kappa shape index (κ3) is 3.78. The van der Waals surface area contributed by atoms with E-state index in [1.807, 2.05) is 41.9 Å². The van der Waals surface area contributed by atoms with Gasteiger partial charge in [-0.2, -0.15) is 9.61 Å². The van der Waals surface area contributed by atoms with Crippen molar-refractivity contribution in [3.05, 3.63) is 83.1 Å². The summed E-state index contributed by atoms with van der Waals surface area (Å²) in [4.78, 5) is 9.72. The van der Waals surface area contributed by atoms with Gasteiger partial charge >= 0.3 is 0 Å². The van der Waals surface area contributed by atoms with Crippen molar-refractivity contribution in [2.45, 2.75) is 13.5 Å². The number of halogens is 1. The van der Waals surface area contributed by atoms with E-state index >= 15 is 0 Å². The van der Waals surface area contributed by atoms with Crippen molar-refractivity contribution < 1.29 is 0 Å². The third-order valence-electron chi connectivity index (χ3n) is 5.68. The van der Waals surface area contributed by atoms with Crippen LogP contribution in [0.1, 0.15) is 11.3 Å². The average molecular weight is 418 g/mol. The van der Waals surface area contributed by atoms with Crippen LogP contribution in [0.3, 0.4) is 0 Å². The molecule has 5 nitrogen and oxygen atoms in total. The zero-order valence-corrected chi connectivity index (χ0v) is 17.8. The Morgan fingerprint density at radius 2 is 1.67 bits per heavy atom. The number of hydrogen-bond donors (Lipinski definition) is 0. The van der Waals surface area contributed by atoms with E-state index in [-0.39, 0.29) is 0 Å². The summed E-state index contributed by atoms with van der Waals surface area (Å²) >= 11 is 6.06. The highest BCUT2D eigenvalue weighted by atomic mass is 35.5. The van der Waals surface area contributed by atoms with Gasteiger partial charge in [-0.3, -0.25) is 4.90 Å². The number of rotatable bonds is 4. The number of benzene rings is 2. The molecular formula is C24H24ClN5. The standard InChI is InChI=1S/C24H24ClN5/c1-18-15-23(29-13-11-28(12-14-29)17-19-5-3-2-4-6-19)30-24(27-18)22(16-26-30)20-7-9-21(25)10-8-20/h2-10,15-16H,11-14,17H2,1H3. The van der Waals surface area contributed by atoms with Gasteiger partial charge in [0.25, 0.3) is 0 Å². The highest BCUT2D eigenvalue weighted by Gasteiger charge is 2.21. The minimum atomic E-state index is 0.730. The monoisotopic (exact) mass is 417 g/mol. The van der Waals surface area contributed by atoms with E-state index in [1.165, 1.54) is 5.56 Å². The van der Waals surface area contributed by atoms with Crippen LogP contribution in [0.4, 0.5) is 5.82 Å². The summed E-state index contributed by atoms with van der Waals surface area (Å²) in [6.45, 7) is 7.06. The second-order valence-corrected chi connectivity index (χ2v) is 8.24. The largest absolute Gasteiger partial charge is 0.354 e. The Labute approximate surface area is 181 Å². The molecule has 0 saturated carbocycles. The third-order valence-corrected chi connectivity index (χ3v) is 5.93. The summed E-state index contributed by atoms with van der Waals surface area (Å²) in [7, 11) is 0. The van der Waals surface area contributed by atoms with Crippen LogP contribution in [0.15, 0.2) is 66.9 Å². The summed E-state index contributed by atoms with van der Waals surface area (Å²) in [5.74, 6) is 1.11. The Bertz CT molecular complexity index is 1150. The lowest BCUT2D eigenvalue weighted by molar-refractivity contribution is 0.249. The average Bonchev–Trinajstić information content (AvgIpc) is 3.19. The van der Waals surface area contributed by atoms with E-state index in [0.29, 0.717) is 0 Å². The molecule has 5 rings (SSSR count). The molecule has 3 heterocycles. The summed E-state index contributed by atoms with van der Waals surface area (Å²) < 4.78 is 1.98. The Kier molecular flexibility index (Phi) is 5.15. The van der Waals surface area contributed by atoms with Crippen molar-refractivity contribution in [3.63, 3.8) is 0 Å². The molecule has 2 aromatic carbocycles. The predicted molar refractivity (Wildman–Crippen MR) is 122 cm³/mol. The van der Waals surface area contributed by atoms with Crippen molar-refractivity contribution >= 4 is 23.1 Å². The fourth-order valence-corrected chi connectivity index (χ4v) is 4.23. The Balaban J connectivity index is 1.39. The van der Waals surface area contributed by atoms with E-state index in [0.717, 1.165) is 66.0 Å². The Hall–Kier alpha value is -2.89. The molecule has 0 aliphatic carbocycles. The van der Waals surface area contributed by atoms with Gasteiger partial charge in [-0.25, -0.2) is 4.98 Å². The van der Waals surface area contributed by atoms with Crippen LogP contribution in [0.5, 0.6) is 0 Å². The molecule has 1 aliphatic rings. The lowest BCUT2D eigenvalue weighted by Gasteiger charge is -2.36. The molecule has 152 valence electrons. The summed E-state index contributed by atoms with van der Waals surface area (Å²) in [6, 6.07) is 20.7. The first-order valence-corrected chi connectivity index (χ1v) is 10.7. The molecule has 4 aromatic rings. The van der Waals surface area contributed by atoms with Gasteiger partial charge in [-0.15, -0.1) is 0 Å². The predicted octanol–water partition coefficient (Wildman–Crippen LogP) is 4.68. The van der Waals surface area contributed by atoms with E-state index in [9.17, 15) is 0 Å². The molecule has 0 bridgehead atoms. The maximum absolute atomic E-state index is 6.06. The first-order valence-electron chi connectivity index (χ1n) is 10.3. The minimum Gasteiger partial charge on any atom is -0.354 e. The van der Waals surface area contributed by atoms with Crippen LogP contribution >= 0.6 is 11.6 Å². The maximum atomic E-state index is 6.06. The first-order chi connectivity index (χ1) is 14.7. The van der Waals surface area contributed by atoms with E-state index < -0.39 is 0 Å². The molecule has 0 radical (unpaired) electrons. The fraction of sp³-hybridized carbons (Fsp3) is 0.250. The van der Waals surface area contributed by atoms with Gasteiger partial charge in [0.15, 0.2) is 5.65 Å². The summed E-state index contributed by atoms with van der Waals surface area (Å²) in [6.07, 6.45) is 1.90. The molecule has 0 N–H and O–H groups in total. The minimum absolute atomic E-state index is 0.730. The zero-order chi connectivity index (χ0) is 20.5. The SMILES string of the molecule is Cc1cc(N2CCN(Cc3ccccc3)CC2)n2ncc(-c3ccc(Cl)cc3)c2n1. The second kappa shape index (κ2) is 8.09. The van der Waals surface area contributed by atoms with E-state index in [1.54, 1.807) is 0 Å². The Morgan fingerprint density at radius 3 is 2.40 bits per heavy atom. The number of fused-ring (bicyclic) bond motifs is 1. The molecule has 6 heteroatoms. The van der Waals surface area contributed by atoms with Crippen LogP contribution in [0.2, 0.25) is 5.02 Å². The smallest absolute Gasteiger partial charge is 0.165 e. The lowest BCUT2D eigenvalue weighted by Crippen LogP contribution is -2.46. The van der Waals surface area contributed by atoms with Crippen LogP contribution in [0.25, 0.3) is 16.8 Å². The van der Waals surface area contributed by atoms with Gasteiger partial charge in [0.1, 0.15) is 5.82 Å². The quantitative estimate of drug-likeness (QED) is 0.483. The number of aromatic nitrogens is 3. The van der Waals surface area contributed by atoms with Crippen molar-refractivity contribution in [2.24, 2.45) is 0 Å². The summed E-state index contributed by atoms with van der Waals surface area (Å²) in [5.41, 5.74) is 5.36. The highest BCUT2D eigenvalue weighted by molar-refractivity contribution is 6.30. The van der Waals surface area contributed by atoms with Gasteiger partial charge in [0.05, 0.1) is 6.20 Å². The van der Waals surface area contributed by atoms with Crippen LogP contribution in [-0.2, 0) is 6.54 Å². The van der Waals surface area contributed by atoms with E-state index in [2.05, 4.69) is 51.3 Å². The first kappa shape index (κ1) is 19.1. The van der Waals surface area contributed by atoms with Gasteiger partial charge in [-0.05, 0) is 30.2 Å². The van der Waals surface area contributed by atoms with Crippen LogP contribution in [0, 0.1) is 6.92 Å². The molecule has 2 aromatic heterocycles. The van der Waals surface area contributed by atoms with Crippen molar-refractivity contribution in [2.75, 3.05) is 31.1 Å². The molecule has 1 aliphatic heterocycles. The van der Waals surface area contributed by atoms with Gasteiger partial charge in [-0.1, -0.05) is 54.1 Å². The summed E-state index contributed by atoms with van der Waals surface area (Å²) in [5, 5.41) is 5.42. The fourth-order valence-electron chi connectivity index (χ4n) is 4.10. The lowest BCUT2D eigenvalue weighted by atomic mass is 10.1. The van der Waals surface area contributed by atoms with Crippen molar-refractivity contribution in [1.29, 1.82) is 0 Å².